The van der Waals surface area contributed by atoms with Gasteiger partial charge < -0.3 is 5.73 Å². The van der Waals surface area contributed by atoms with E-state index >= 15 is 0 Å². The Labute approximate surface area is 149 Å². The fraction of sp³-hybridized carbons (Fsp3) is 0.588. The Hall–Kier alpha value is -1.48. The van der Waals surface area contributed by atoms with Gasteiger partial charge in [-0.25, -0.2) is 0 Å². The molecule has 2 aliphatic heterocycles. The second-order valence-electron chi connectivity index (χ2n) is 7.25. The number of carbonyl (C=O) groups excluding carboxylic acids is 1. The number of rotatable bonds is 5. The molecule has 1 aromatic rings. The molecule has 0 bridgehead atoms. The van der Waals surface area contributed by atoms with E-state index in [1.165, 1.54) is 4.31 Å². The smallest absolute Gasteiger partial charge is 0.282 e. The van der Waals surface area contributed by atoms with Crippen LogP contribution >= 0.6 is 0 Å². The molecule has 138 valence electrons. The van der Waals surface area contributed by atoms with Crippen LogP contribution in [0, 0.1) is 18.8 Å². The van der Waals surface area contributed by atoms with Gasteiger partial charge >= 0.3 is 0 Å². The summed E-state index contributed by atoms with van der Waals surface area (Å²) in [6, 6.07) is 7.73. The molecule has 0 aromatic heterocycles. The topological polar surface area (TPSA) is 87.0 Å². The van der Waals surface area contributed by atoms with Crippen molar-refractivity contribution in [3.8, 4) is 0 Å². The van der Waals surface area contributed by atoms with E-state index in [1.54, 1.807) is 18.4 Å². The van der Waals surface area contributed by atoms with E-state index < -0.39 is 10.2 Å². The molecule has 0 aliphatic carbocycles. The van der Waals surface area contributed by atoms with Crippen LogP contribution in [0.15, 0.2) is 24.3 Å². The van der Waals surface area contributed by atoms with Crippen molar-refractivity contribution in [3.05, 3.63) is 35.4 Å². The molecule has 3 atom stereocenters. The third-order valence-corrected chi connectivity index (χ3v) is 7.23. The maximum Gasteiger partial charge on any atom is 0.282 e. The predicted molar refractivity (Wildman–Crippen MR) is 95.8 cm³/mol. The molecule has 25 heavy (non-hydrogen) atoms. The number of hydrogen-bond acceptors (Lipinski definition) is 4. The lowest BCUT2D eigenvalue weighted by Crippen LogP contribution is -2.42. The van der Waals surface area contributed by atoms with Crippen molar-refractivity contribution in [1.29, 1.82) is 0 Å². The van der Waals surface area contributed by atoms with Gasteiger partial charge in [0.05, 0.1) is 12.6 Å². The van der Waals surface area contributed by atoms with Gasteiger partial charge in [0.2, 0.25) is 5.91 Å². The summed E-state index contributed by atoms with van der Waals surface area (Å²) in [5.74, 6) is 0.0269. The molecule has 0 saturated carbocycles. The SMILES string of the molecule is Cc1ccccc1[C@@H]1[C@H]2CN(CC(N)=O)C[C@H]2CN1S(=O)(=O)N(C)C. The van der Waals surface area contributed by atoms with Crippen molar-refractivity contribution in [2.75, 3.05) is 40.3 Å². The van der Waals surface area contributed by atoms with E-state index in [0.29, 0.717) is 19.6 Å². The second-order valence-corrected chi connectivity index (χ2v) is 9.34. The van der Waals surface area contributed by atoms with Gasteiger partial charge in [0, 0.05) is 33.7 Å². The highest BCUT2D eigenvalue weighted by molar-refractivity contribution is 7.86. The minimum atomic E-state index is -3.52. The summed E-state index contributed by atoms with van der Waals surface area (Å²) in [6.07, 6.45) is 0. The van der Waals surface area contributed by atoms with Crippen LogP contribution in [-0.2, 0) is 15.0 Å². The molecule has 0 radical (unpaired) electrons. The Bertz CT molecular complexity index is 765. The lowest BCUT2D eigenvalue weighted by molar-refractivity contribution is -0.119. The Balaban J connectivity index is 1.98. The van der Waals surface area contributed by atoms with Gasteiger partial charge in [-0.1, -0.05) is 24.3 Å². The summed E-state index contributed by atoms with van der Waals surface area (Å²) in [4.78, 5) is 13.3. The van der Waals surface area contributed by atoms with Crippen molar-refractivity contribution in [2.24, 2.45) is 17.6 Å². The van der Waals surface area contributed by atoms with Crippen LogP contribution in [0.3, 0.4) is 0 Å². The van der Waals surface area contributed by atoms with Gasteiger partial charge in [-0.15, -0.1) is 0 Å². The second kappa shape index (κ2) is 6.68. The quantitative estimate of drug-likeness (QED) is 0.806. The monoisotopic (exact) mass is 366 g/mol. The first kappa shape index (κ1) is 18.3. The molecule has 2 aliphatic rings. The van der Waals surface area contributed by atoms with Gasteiger partial charge in [-0.2, -0.15) is 17.0 Å². The van der Waals surface area contributed by atoms with E-state index in [4.69, 9.17) is 5.73 Å². The van der Waals surface area contributed by atoms with Crippen LogP contribution in [0.5, 0.6) is 0 Å². The van der Waals surface area contributed by atoms with E-state index in [9.17, 15) is 13.2 Å². The number of benzene rings is 1. The summed E-state index contributed by atoms with van der Waals surface area (Å²) in [5, 5.41) is 0. The number of fused-ring (bicyclic) bond motifs is 1. The molecular formula is C17H26N4O3S. The molecule has 2 N–H and O–H groups in total. The first-order valence-electron chi connectivity index (χ1n) is 8.47. The van der Waals surface area contributed by atoms with Crippen molar-refractivity contribution >= 4 is 16.1 Å². The number of nitrogens with two attached hydrogens (primary N) is 1. The molecule has 0 unspecified atom stereocenters. The van der Waals surface area contributed by atoms with Gasteiger partial charge in [-0.05, 0) is 29.9 Å². The van der Waals surface area contributed by atoms with Crippen LogP contribution < -0.4 is 5.73 Å². The fourth-order valence-electron chi connectivity index (χ4n) is 4.20. The van der Waals surface area contributed by atoms with Crippen LogP contribution in [0.2, 0.25) is 0 Å². The maximum absolute atomic E-state index is 12.9. The number of primary amides is 1. The van der Waals surface area contributed by atoms with Crippen LogP contribution in [-0.4, -0.2) is 68.1 Å². The number of carbonyl (C=O) groups is 1. The van der Waals surface area contributed by atoms with E-state index in [-0.39, 0.29) is 30.3 Å². The molecule has 1 amide bonds. The molecule has 2 fully saturated rings. The molecule has 2 heterocycles. The third-order valence-electron chi connectivity index (χ3n) is 5.34. The summed E-state index contributed by atoms with van der Waals surface area (Å²) in [5.41, 5.74) is 7.46. The zero-order valence-electron chi connectivity index (χ0n) is 14.9. The Morgan fingerprint density at radius 2 is 1.92 bits per heavy atom. The number of hydrogen-bond donors (Lipinski definition) is 1. The minimum absolute atomic E-state index is 0.162. The summed E-state index contributed by atoms with van der Waals surface area (Å²) in [7, 11) is -0.382. The lowest BCUT2D eigenvalue weighted by atomic mass is 9.88. The standard InChI is InChI=1S/C17H26N4O3S/c1-12-6-4-5-7-14(12)17-15-10-20(11-16(18)22)8-13(15)9-21(17)25(23,24)19(2)3/h4-7,13,15,17H,8-11H2,1-3H3,(H2,18,22)/t13-,15-,17+/m0/s1. The molecule has 0 spiro atoms. The molecule has 1 aromatic carbocycles. The normalized spacial score (nSPS) is 27.8. The molecule has 2 saturated heterocycles. The first-order valence-corrected chi connectivity index (χ1v) is 9.87. The number of likely N-dealkylation sites (tertiary alicyclic amines) is 1. The highest BCUT2D eigenvalue weighted by Gasteiger charge is 2.52. The Kier molecular flexibility index (Phi) is 4.89. The van der Waals surface area contributed by atoms with Crippen molar-refractivity contribution in [3.63, 3.8) is 0 Å². The highest BCUT2D eigenvalue weighted by Crippen LogP contribution is 2.47. The highest BCUT2D eigenvalue weighted by atomic mass is 32.2. The van der Waals surface area contributed by atoms with Crippen LogP contribution in [0.1, 0.15) is 17.2 Å². The van der Waals surface area contributed by atoms with Crippen molar-refractivity contribution in [2.45, 2.75) is 13.0 Å². The van der Waals surface area contributed by atoms with E-state index in [2.05, 4.69) is 0 Å². The third kappa shape index (κ3) is 3.31. The number of aryl methyl sites for hydroxylation is 1. The molecule has 7 nitrogen and oxygen atoms in total. The van der Waals surface area contributed by atoms with Crippen LogP contribution in [0.4, 0.5) is 0 Å². The Morgan fingerprint density at radius 3 is 2.52 bits per heavy atom. The first-order chi connectivity index (χ1) is 11.7. The van der Waals surface area contributed by atoms with Gasteiger partial charge in [-0.3, -0.25) is 9.69 Å². The average Bonchev–Trinajstić information content (AvgIpc) is 3.04. The molecule has 8 heteroatoms. The van der Waals surface area contributed by atoms with Crippen molar-refractivity contribution < 1.29 is 13.2 Å². The van der Waals surface area contributed by atoms with Crippen molar-refractivity contribution in [1.82, 2.24) is 13.5 Å². The molecule has 3 rings (SSSR count). The van der Waals surface area contributed by atoms with Gasteiger partial charge in [0.1, 0.15) is 0 Å². The number of nitrogens with zero attached hydrogens (tertiary/aromatic N) is 3. The minimum Gasteiger partial charge on any atom is -0.369 e. The zero-order valence-corrected chi connectivity index (χ0v) is 15.7. The summed E-state index contributed by atoms with van der Waals surface area (Å²) < 4.78 is 28.7. The lowest BCUT2D eigenvalue weighted by Gasteiger charge is -2.31. The summed E-state index contributed by atoms with van der Waals surface area (Å²) >= 11 is 0. The number of amides is 1. The zero-order chi connectivity index (χ0) is 18.4. The summed E-state index contributed by atoms with van der Waals surface area (Å²) in [6.45, 7) is 4.11. The van der Waals surface area contributed by atoms with E-state index in [1.807, 2.05) is 36.1 Å². The van der Waals surface area contributed by atoms with E-state index in [0.717, 1.165) is 11.1 Å². The average molecular weight is 366 g/mol. The van der Waals surface area contributed by atoms with Gasteiger partial charge in [0.25, 0.3) is 10.2 Å². The largest absolute Gasteiger partial charge is 0.369 e. The molecular weight excluding hydrogens is 340 g/mol. The fourth-order valence-corrected chi connectivity index (χ4v) is 5.56. The predicted octanol–water partition coefficient (Wildman–Crippen LogP) is 0.191. The van der Waals surface area contributed by atoms with Crippen LogP contribution in [0.25, 0.3) is 0 Å². The maximum atomic E-state index is 12.9. The Morgan fingerprint density at radius 1 is 1.24 bits per heavy atom. The van der Waals surface area contributed by atoms with Gasteiger partial charge in [0.15, 0.2) is 0 Å².